The smallest absolute Gasteiger partial charge is 0.261 e. The van der Waals surface area contributed by atoms with Gasteiger partial charge in [-0.05, 0) is 47.2 Å². The Morgan fingerprint density at radius 1 is 1.19 bits per heavy atom. The van der Waals surface area contributed by atoms with E-state index in [9.17, 15) is 9.59 Å². The van der Waals surface area contributed by atoms with E-state index in [1.165, 1.54) is 22.3 Å². The van der Waals surface area contributed by atoms with E-state index in [-0.39, 0.29) is 30.4 Å². The molecule has 0 unspecified atom stereocenters. The second-order valence-electron chi connectivity index (χ2n) is 6.40. The van der Waals surface area contributed by atoms with Crippen molar-refractivity contribution in [3.8, 4) is 0 Å². The fourth-order valence-corrected chi connectivity index (χ4v) is 4.23. The van der Waals surface area contributed by atoms with Crippen molar-refractivity contribution in [3.63, 3.8) is 0 Å². The quantitative estimate of drug-likeness (QED) is 0.706. The number of thiophene rings is 1. The molecule has 2 heterocycles. The fourth-order valence-electron chi connectivity index (χ4n) is 3.27. The van der Waals surface area contributed by atoms with Gasteiger partial charge >= 0.3 is 0 Å². The standard InChI is InChI=1S/C17H18N6O2S/c24-16(9-23-10-18-21-22-23)19-12-5-6-13(8-12)20-17(25)15-7-11-3-1-2-4-14(11)26-15/h1-4,7,10,12-13H,5-6,8-9H2,(H,19,24)(H,20,25)/t12-,13+/m0/s1. The van der Waals surface area contributed by atoms with Gasteiger partial charge in [-0.25, -0.2) is 4.68 Å². The fraction of sp³-hybridized carbons (Fsp3) is 0.353. The molecule has 9 heteroatoms. The lowest BCUT2D eigenvalue weighted by molar-refractivity contribution is -0.122. The maximum Gasteiger partial charge on any atom is 0.261 e. The number of rotatable bonds is 5. The Labute approximate surface area is 153 Å². The van der Waals surface area contributed by atoms with Gasteiger partial charge in [0, 0.05) is 16.8 Å². The lowest BCUT2D eigenvalue weighted by Gasteiger charge is -2.14. The van der Waals surface area contributed by atoms with Crippen LogP contribution in [0, 0.1) is 0 Å². The van der Waals surface area contributed by atoms with Gasteiger partial charge in [-0.2, -0.15) is 0 Å². The largest absolute Gasteiger partial charge is 0.352 e. The number of benzene rings is 1. The van der Waals surface area contributed by atoms with Gasteiger partial charge in [-0.15, -0.1) is 16.4 Å². The van der Waals surface area contributed by atoms with Crippen LogP contribution in [0.15, 0.2) is 36.7 Å². The monoisotopic (exact) mass is 370 g/mol. The molecule has 0 radical (unpaired) electrons. The van der Waals surface area contributed by atoms with E-state index in [4.69, 9.17) is 0 Å². The minimum atomic E-state index is -0.126. The number of hydrogen-bond donors (Lipinski definition) is 2. The predicted molar refractivity (Wildman–Crippen MR) is 96.7 cm³/mol. The molecule has 8 nitrogen and oxygen atoms in total. The molecule has 1 aliphatic carbocycles. The molecular weight excluding hydrogens is 352 g/mol. The van der Waals surface area contributed by atoms with Crippen LogP contribution in [-0.2, 0) is 11.3 Å². The van der Waals surface area contributed by atoms with Crippen molar-refractivity contribution < 1.29 is 9.59 Å². The number of nitrogens with one attached hydrogen (secondary N) is 2. The summed E-state index contributed by atoms with van der Waals surface area (Å²) in [5.41, 5.74) is 0. The van der Waals surface area contributed by atoms with E-state index >= 15 is 0 Å². The number of aromatic nitrogens is 4. The van der Waals surface area contributed by atoms with Gasteiger partial charge in [-0.1, -0.05) is 18.2 Å². The van der Waals surface area contributed by atoms with Crippen molar-refractivity contribution in [1.29, 1.82) is 0 Å². The number of tetrazole rings is 1. The van der Waals surface area contributed by atoms with Crippen LogP contribution in [0.4, 0.5) is 0 Å². The Morgan fingerprint density at radius 3 is 2.77 bits per heavy atom. The van der Waals surface area contributed by atoms with Crippen molar-refractivity contribution in [2.75, 3.05) is 0 Å². The molecule has 3 aromatic rings. The zero-order valence-electron chi connectivity index (χ0n) is 14.0. The highest BCUT2D eigenvalue weighted by Crippen LogP contribution is 2.26. The van der Waals surface area contributed by atoms with Crippen LogP contribution in [0.3, 0.4) is 0 Å². The zero-order chi connectivity index (χ0) is 17.9. The second kappa shape index (κ2) is 7.20. The molecule has 26 heavy (non-hydrogen) atoms. The van der Waals surface area contributed by atoms with Gasteiger partial charge in [-0.3, -0.25) is 9.59 Å². The van der Waals surface area contributed by atoms with E-state index in [2.05, 4.69) is 26.2 Å². The summed E-state index contributed by atoms with van der Waals surface area (Å²) >= 11 is 1.50. The lowest BCUT2D eigenvalue weighted by Crippen LogP contribution is -2.38. The van der Waals surface area contributed by atoms with E-state index in [0.717, 1.165) is 34.2 Å². The summed E-state index contributed by atoms with van der Waals surface area (Å²) in [6.45, 7) is 0.0995. The predicted octanol–water partition coefficient (Wildman–Crippen LogP) is 1.36. The highest BCUT2D eigenvalue weighted by molar-refractivity contribution is 7.20. The topological polar surface area (TPSA) is 102 Å². The number of amides is 2. The van der Waals surface area contributed by atoms with Gasteiger partial charge < -0.3 is 10.6 Å². The third-order valence-corrected chi connectivity index (χ3v) is 5.59. The van der Waals surface area contributed by atoms with Crippen molar-refractivity contribution in [2.24, 2.45) is 0 Å². The van der Waals surface area contributed by atoms with Crippen molar-refractivity contribution in [1.82, 2.24) is 30.8 Å². The Kier molecular flexibility index (Phi) is 4.61. The SMILES string of the molecule is O=C(Cn1cnnn1)N[C@H]1CC[C@@H](NC(=O)c2cc3ccccc3s2)C1. The Balaban J connectivity index is 1.29. The number of nitrogens with zero attached hydrogens (tertiary/aromatic N) is 4. The molecule has 134 valence electrons. The molecule has 1 fully saturated rings. The van der Waals surface area contributed by atoms with Gasteiger partial charge in [0.1, 0.15) is 12.9 Å². The van der Waals surface area contributed by atoms with Crippen LogP contribution in [0.5, 0.6) is 0 Å². The average molecular weight is 370 g/mol. The Morgan fingerprint density at radius 2 is 2.00 bits per heavy atom. The molecule has 1 aromatic carbocycles. The van der Waals surface area contributed by atoms with Crippen LogP contribution < -0.4 is 10.6 Å². The number of fused-ring (bicyclic) bond motifs is 1. The number of carbonyl (C=O) groups excluding carboxylic acids is 2. The molecule has 2 aromatic heterocycles. The van der Waals surface area contributed by atoms with Gasteiger partial charge in [0.2, 0.25) is 5.91 Å². The Bertz CT molecular complexity index is 889. The summed E-state index contributed by atoms with van der Waals surface area (Å²) < 4.78 is 2.49. The first-order valence-electron chi connectivity index (χ1n) is 8.47. The highest BCUT2D eigenvalue weighted by atomic mass is 32.1. The summed E-state index contributed by atoms with van der Waals surface area (Å²) in [7, 11) is 0. The van der Waals surface area contributed by atoms with Gasteiger partial charge in [0.05, 0.1) is 4.88 Å². The molecular formula is C17H18N6O2S. The van der Waals surface area contributed by atoms with Crippen LogP contribution in [0.2, 0.25) is 0 Å². The summed E-state index contributed by atoms with van der Waals surface area (Å²) in [5, 5.41) is 17.8. The summed E-state index contributed by atoms with van der Waals surface area (Å²) in [5.74, 6) is -0.171. The van der Waals surface area contributed by atoms with E-state index in [0.29, 0.717) is 0 Å². The Hall–Kier alpha value is -2.81. The van der Waals surface area contributed by atoms with Crippen LogP contribution in [0.1, 0.15) is 28.9 Å². The maximum absolute atomic E-state index is 12.5. The third kappa shape index (κ3) is 3.72. The molecule has 0 aliphatic heterocycles. The molecule has 0 spiro atoms. The number of hydrogen-bond acceptors (Lipinski definition) is 6. The molecule has 2 N–H and O–H groups in total. The summed E-state index contributed by atoms with van der Waals surface area (Å²) in [6.07, 6.45) is 3.84. The first-order valence-corrected chi connectivity index (χ1v) is 9.28. The average Bonchev–Trinajstić information content (AvgIpc) is 3.35. The lowest BCUT2D eigenvalue weighted by atomic mass is 10.2. The van der Waals surface area contributed by atoms with Crippen LogP contribution in [0.25, 0.3) is 10.1 Å². The van der Waals surface area contributed by atoms with Gasteiger partial charge in [0.15, 0.2) is 0 Å². The summed E-state index contributed by atoms with van der Waals surface area (Å²) in [4.78, 5) is 25.2. The van der Waals surface area contributed by atoms with E-state index < -0.39 is 0 Å². The normalized spacial score (nSPS) is 19.5. The molecule has 2 amide bonds. The summed E-state index contributed by atoms with van der Waals surface area (Å²) in [6, 6.07) is 10.0. The first-order chi connectivity index (χ1) is 12.7. The number of carbonyl (C=O) groups is 2. The molecule has 0 saturated heterocycles. The van der Waals surface area contributed by atoms with Crippen molar-refractivity contribution >= 4 is 33.2 Å². The molecule has 1 saturated carbocycles. The van der Waals surface area contributed by atoms with Gasteiger partial charge in [0.25, 0.3) is 5.91 Å². The third-order valence-electron chi connectivity index (χ3n) is 4.48. The van der Waals surface area contributed by atoms with Crippen molar-refractivity contribution in [3.05, 3.63) is 41.5 Å². The minimum absolute atomic E-state index is 0.0446. The minimum Gasteiger partial charge on any atom is -0.352 e. The van der Waals surface area contributed by atoms with E-state index in [1.807, 2.05) is 30.3 Å². The molecule has 4 rings (SSSR count). The van der Waals surface area contributed by atoms with E-state index in [1.54, 1.807) is 0 Å². The molecule has 2 atom stereocenters. The van der Waals surface area contributed by atoms with Crippen molar-refractivity contribution in [2.45, 2.75) is 37.9 Å². The first kappa shape index (κ1) is 16.6. The highest BCUT2D eigenvalue weighted by Gasteiger charge is 2.27. The second-order valence-corrected chi connectivity index (χ2v) is 7.49. The van der Waals surface area contributed by atoms with Crippen LogP contribution in [-0.4, -0.2) is 44.1 Å². The van der Waals surface area contributed by atoms with Crippen LogP contribution >= 0.6 is 11.3 Å². The maximum atomic E-state index is 12.5. The molecule has 0 bridgehead atoms. The zero-order valence-corrected chi connectivity index (χ0v) is 14.8. The molecule has 1 aliphatic rings.